The SMILES string of the molecule is CCCc1nc(S/C(=C/c2ccc(-c3ccc(C(C)=O)cc3)o2)C(=O)[O-])n[nH]1. The Morgan fingerprint density at radius 1 is 1.21 bits per heavy atom. The molecule has 8 heteroatoms. The van der Waals surface area contributed by atoms with Gasteiger partial charge in [0, 0.05) is 22.5 Å². The first-order valence-electron chi connectivity index (χ1n) is 8.69. The standard InChI is InChI=1S/C20H19N3O4S/c1-3-4-18-21-20(23-22-18)28-17(19(25)26)11-15-9-10-16(27-15)14-7-5-13(6-8-14)12(2)24/h5-11H,3-4H2,1-2H3,(H,25,26)(H,21,22,23)/p-1/b17-11+. The van der Waals surface area contributed by atoms with Gasteiger partial charge in [0.15, 0.2) is 5.78 Å². The van der Waals surface area contributed by atoms with Gasteiger partial charge in [-0.1, -0.05) is 31.2 Å². The molecular weight excluding hydrogens is 378 g/mol. The number of thioether (sulfide) groups is 1. The van der Waals surface area contributed by atoms with E-state index in [1.807, 2.05) is 6.92 Å². The van der Waals surface area contributed by atoms with Crippen molar-refractivity contribution in [1.82, 2.24) is 15.2 Å². The van der Waals surface area contributed by atoms with Crippen LogP contribution in [-0.2, 0) is 11.2 Å². The Labute approximate surface area is 165 Å². The number of aryl methyl sites for hydroxylation is 1. The Morgan fingerprint density at radius 3 is 2.61 bits per heavy atom. The van der Waals surface area contributed by atoms with Crippen LogP contribution in [0.2, 0.25) is 0 Å². The number of hydrogen-bond donors (Lipinski definition) is 1. The molecule has 0 saturated carbocycles. The zero-order chi connectivity index (χ0) is 20.1. The van der Waals surface area contributed by atoms with E-state index in [0.717, 1.165) is 30.2 Å². The maximum Gasteiger partial charge on any atom is 0.213 e. The highest BCUT2D eigenvalue weighted by Gasteiger charge is 2.11. The summed E-state index contributed by atoms with van der Waals surface area (Å²) in [5, 5.41) is 18.6. The van der Waals surface area contributed by atoms with Crippen LogP contribution >= 0.6 is 11.8 Å². The van der Waals surface area contributed by atoms with Crippen LogP contribution in [0, 0.1) is 0 Å². The van der Waals surface area contributed by atoms with Gasteiger partial charge in [-0.25, -0.2) is 4.98 Å². The molecular formula is C20H18N3O4S-. The number of furan rings is 1. The number of benzene rings is 1. The minimum absolute atomic E-state index is 0.0145. The molecule has 0 radical (unpaired) electrons. The number of carbonyl (C=O) groups excluding carboxylic acids is 2. The molecule has 0 aliphatic carbocycles. The van der Waals surface area contributed by atoms with Crippen molar-refractivity contribution in [3.05, 3.63) is 58.5 Å². The number of carboxylic acids is 1. The summed E-state index contributed by atoms with van der Waals surface area (Å²) >= 11 is 0.897. The van der Waals surface area contributed by atoms with E-state index in [0.29, 0.717) is 28.1 Å². The highest BCUT2D eigenvalue weighted by molar-refractivity contribution is 8.04. The van der Waals surface area contributed by atoms with Gasteiger partial charge in [-0.05, 0) is 43.3 Å². The lowest BCUT2D eigenvalue weighted by Crippen LogP contribution is -2.23. The minimum atomic E-state index is -1.34. The molecule has 0 atom stereocenters. The van der Waals surface area contributed by atoms with Crippen LogP contribution in [0.25, 0.3) is 17.4 Å². The fourth-order valence-corrected chi connectivity index (χ4v) is 3.19. The van der Waals surface area contributed by atoms with E-state index >= 15 is 0 Å². The maximum atomic E-state index is 11.5. The molecule has 3 rings (SSSR count). The van der Waals surface area contributed by atoms with Crippen molar-refractivity contribution in [2.75, 3.05) is 0 Å². The second-order valence-corrected chi connectivity index (χ2v) is 7.06. The number of Topliss-reactive ketones (excluding diaryl/α,β-unsaturated/α-hetero) is 1. The number of nitrogens with zero attached hydrogens (tertiary/aromatic N) is 2. The topological polar surface area (TPSA) is 112 Å². The Balaban J connectivity index is 1.79. The van der Waals surface area contributed by atoms with Crippen molar-refractivity contribution >= 4 is 29.6 Å². The molecule has 3 aromatic rings. The van der Waals surface area contributed by atoms with Crippen LogP contribution in [0.1, 0.15) is 42.2 Å². The third-order valence-electron chi connectivity index (χ3n) is 3.88. The summed E-state index contributed by atoms with van der Waals surface area (Å²) in [6.07, 6.45) is 3.02. The number of aromatic amines is 1. The van der Waals surface area contributed by atoms with Crippen molar-refractivity contribution in [1.29, 1.82) is 0 Å². The molecule has 0 aliphatic heterocycles. The molecule has 2 heterocycles. The molecule has 7 nitrogen and oxygen atoms in total. The van der Waals surface area contributed by atoms with Crippen LogP contribution in [0.4, 0.5) is 0 Å². The van der Waals surface area contributed by atoms with Gasteiger partial charge in [-0.3, -0.25) is 9.89 Å². The van der Waals surface area contributed by atoms with Gasteiger partial charge in [0.25, 0.3) is 0 Å². The number of rotatable bonds is 8. The quantitative estimate of drug-likeness (QED) is 0.354. The summed E-state index contributed by atoms with van der Waals surface area (Å²) < 4.78 is 5.72. The molecule has 0 amide bonds. The van der Waals surface area contributed by atoms with Gasteiger partial charge in [0.05, 0.1) is 5.97 Å². The van der Waals surface area contributed by atoms with Crippen molar-refractivity contribution in [3.8, 4) is 11.3 Å². The minimum Gasteiger partial charge on any atom is -0.544 e. The molecule has 2 aromatic heterocycles. The van der Waals surface area contributed by atoms with E-state index < -0.39 is 5.97 Å². The lowest BCUT2D eigenvalue weighted by molar-refractivity contribution is -0.298. The van der Waals surface area contributed by atoms with Crippen molar-refractivity contribution in [3.63, 3.8) is 0 Å². The van der Waals surface area contributed by atoms with Crippen LogP contribution in [0.15, 0.2) is 50.9 Å². The number of H-pyrrole nitrogens is 1. The number of nitrogens with one attached hydrogen (secondary N) is 1. The van der Waals surface area contributed by atoms with E-state index in [2.05, 4.69) is 15.2 Å². The third-order valence-corrected chi connectivity index (χ3v) is 4.75. The zero-order valence-electron chi connectivity index (χ0n) is 15.4. The summed E-state index contributed by atoms with van der Waals surface area (Å²) in [6, 6.07) is 10.4. The van der Waals surface area contributed by atoms with Crippen LogP contribution in [0.3, 0.4) is 0 Å². The Kier molecular flexibility index (Phi) is 6.10. The number of aliphatic carboxylic acids is 1. The first-order valence-corrected chi connectivity index (χ1v) is 9.51. The molecule has 144 valence electrons. The Morgan fingerprint density at radius 2 is 1.96 bits per heavy atom. The van der Waals surface area contributed by atoms with Gasteiger partial charge < -0.3 is 14.3 Å². The summed E-state index contributed by atoms with van der Waals surface area (Å²) in [5.41, 5.74) is 1.39. The lowest BCUT2D eigenvalue weighted by Gasteiger charge is -2.04. The normalized spacial score (nSPS) is 11.6. The second-order valence-electron chi connectivity index (χ2n) is 6.05. The number of aromatic nitrogens is 3. The first kappa shape index (κ1) is 19.6. The van der Waals surface area contributed by atoms with E-state index in [9.17, 15) is 14.7 Å². The van der Waals surface area contributed by atoms with E-state index in [-0.39, 0.29) is 10.7 Å². The molecule has 0 spiro atoms. The fraction of sp³-hybridized carbons (Fsp3) is 0.200. The monoisotopic (exact) mass is 396 g/mol. The molecule has 0 bridgehead atoms. The van der Waals surface area contributed by atoms with Crippen LogP contribution in [-0.4, -0.2) is 26.9 Å². The van der Waals surface area contributed by atoms with Crippen LogP contribution < -0.4 is 5.11 Å². The average Bonchev–Trinajstić information content (AvgIpc) is 3.31. The molecule has 0 unspecified atom stereocenters. The number of hydrogen-bond acceptors (Lipinski definition) is 7. The van der Waals surface area contributed by atoms with E-state index in [4.69, 9.17) is 4.42 Å². The predicted molar refractivity (Wildman–Crippen MR) is 103 cm³/mol. The number of carboxylic acid groups (broad SMARTS) is 1. The first-order chi connectivity index (χ1) is 13.5. The molecule has 0 aliphatic rings. The van der Waals surface area contributed by atoms with Gasteiger partial charge in [0.2, 0.25) is 5.16 Å². The summed E-state index contributed by atoms with van der Waals surface area (Å²) in [7, 11) is 0. The summed E-state index contributed by atoms with van der Waals surface area (Å²) in [6.45, 7) is 3.52. The number of ketones is 1. The lowest BCUT2D eigenvalue weighted by atomic mass is 10.1. The largest absolute Gasteiger partial charge is 0.544 e. The Bertz CT molecular complexity index is 1020. The molecule has 28 heavy (non-hydrogen) atoms. The average molecular weight is 396 g/mol. The van der Waals surface area contributed by atoms with E-state index in [1.54, 1.807) is 36.4 Å². The van der Waals surface area contributed by atoms with E-state index in [1.165, 1.54) is 13.0 Å². The maximum absolute atomic E-state index is 11.5. The molecule has 0 saturated heterocycles. The van der Waals surface area contributed by atoms with Crippen LogP contribution in [0.5, 0.6) is 0 Å². The Hall–Kier alpha value is -3.13. The van der Waals surface area contributed by atoms with Gasteiger partial charge in [-0.15, -0.1) is 5.10 Å². The van der Waals surface area contributed by atoms with Gasteiger partial charge in [0.1, 0.15) is 17.3 Å². The second kappa shape index (κ2) is 8.71. The van der Waals surface area contributed by atoms with Gasteiger partial charge >= 0.3 is 0 Å². The smallest absolute Gasteiger partial charge is 0.213 e. The zero-order valence-corrected chi connectivity index (χ0v) is 16.2. The molecule has 0 fully saturated rings. The highest BCUT2D eigenvalue weighted by atomic mass is 32.2. The van der Waals surface area contributed by atoms with Crippen molar-refractivity contribution in [2.45, 2.75) is 31.8 Å². The molecule has 1 aromatic carbocycles. The fourth-order valence-electron chi connectivity index (χ4n) is 2.48. The summed E-state index contributed by atoms with van der Waals surface area (Å²) in [4.78, 5) is 27.0. The summed E-state index contributed by atoms with van der Waals surface area (Å²) in [5.74, 6) is 0.278. The highest BCUT2D eigenvalue weighted by Crippen LogP contribution is 2.28. The van der Waals surface area contributed by atoms with Gasteiger partial charge in [-0.2, -0.15) is 0 Å². The van der Waals surface area contributed by atoms with Crippen molar-refractivity contribution in [2.24, 2.45) is 0 Å². The van der Waals surface area contributed by atoms with Crippen molar-refractivity contribution < 1.29 is 19.1 Å². The predicted octanol–water partition coefficient (Wildman–Crippen LogP) is 3.10. The molecule has 1 N–H and O–H groups in total. The number of carbonyl (C=O) groups is 2. The third kappa shape index (κ3) is 4.77.